The van der Waals surface area contributed by atoms with E-state index < -0.39 is 0 Å². The zero-order valence-electron chi connectivity index (χ0n) is 15.1. The van der Waals surface area contributed by atoms with E-state index in [-0.39, 0.29) is 11.6 Å². The fourth-order valence-corrected chi connectivity index (χ4v) is 2.88. The maximum absolute atomic E-state index is 12.5. The first-order chi connectivity index (χ1) is 13.2. The number of morpholine rings is 1. The van der Waals surface area contributed by atoms with Gasteiger partial charge in [-0.3, -0.25) is 9.69 Å². The number of nitrogens with zero attached hydrogens (tertiary/aromatic N) is 3. The Hall–Kier alpha value is -2.42. The smallest absolute Gasteiger partial charge is 0.274 e. The second-order valence-electron chi connectivity index (χ2n) is 5.97. The number of carbonyl (C=O) groups is 1. The summed E-state index contributed by atoms with van der Waals surface area (Å²) in [5.41, 5.74) is 0.733. The molecule has 3 rings (SSSR count). The fraction of sp³-hybridized carbons (Fsp3) is 0.389. The van der Waals surface area contributed by atoms with Gasteiger partial charge in [-0.25, -0.2) is 9.97 Å². The van der Waals surface area contributed by atoms with E-state index in [1.807, 2.05) is 0 Å². The van der Waals surface area contributed by atoms with Gasteiger partial charge in [-0.05, 0) is 18.2 Å². The largest absolute Gasteiger partial charge is 0.495 e. The van der Waals surface area contributed by atoms with Gasteiger partial charge in [-0.15, -0.1) is 0 Å². The Morgan fingerprint density at radius 1 is 1.30 bits per heavy atom. The Kier molecular flexibility index (Phi) is 6.80. The monoisotopic (exact) mass is 391 g/mol. The van der Waals surface area contributed by atoms with Crippen LogP contribution in [0.2, 0.25) is 5.02 Å². The molecule has 2 N–H and O–H groups in total. The number of rotatable bonds is 7. The van der Waals surface area contributed by atoms with Crippen molar-refractivity contribution in [2.75, 3.05) is 57.1 Å². The van der Waals surface area contributed by atoms with Crippen LogP contribution in [-0.2, 0) is 4.74 Å². The molecule has 0 atom stereocenters. The number of aromatic nitrogens is 2. The van der Waals surface area contributed by atoms with E-state index >= 15 is 0 Å². The van der Waals surface area contributed by atoms with Crippen molar-refractivity contribution in [1.82, 2.24) is 14.9 Å². The lowest BCUT2D eigenvalue weighted by Crippen LogP contribution is -2.39. The predicted molar refractivity (Wildman–Crippen MR) is 104 cm³/mol. The number of benzene rings is 1. The highest BCUT2D eigenvalue weighted by Crippen LogP contribution is 2.28. The van der Waals surface area contributed by atoms with Crippen LogP contribution in [0.3, 0.4) is 0 Å². The number of methoxy groups -OCH3 is 1. The van der Waals surface area contributed by atoms with E-state index in [0.29, 0.717) is 22.3 Å². The number of ether oxygens (including phenoxy) is 2. The molecular formula is C18H22ClN5O3. The fourth-order valence-electron chi connectivity index (χ4n) is 2.71. The molecule has 2 heterocycles. The quantitative estimate of drug-likeness (QED) is 0.747. The lowest BCUT2D eigenvalue weighted by Gasteiger charge is -2.26. The molecule has 0 saturated carbocycles. The minimum absolute atomic E-state index is 0.251. The molecule has 1 fully saturated rings. The van der Waals surface area contributed by atoms with Crippen LogP contribution in [0, 0.1) is 0 Å². The average molecular weight is 392 g/mol. The molecule has 0 aliphatic carbocycles. The van der Waals surface area contributed by atoms with Gasteiger partial charge < -0.3 is 20.1 Å². The normalized spacial score (nSPS) is 14.6. The Balaban J connectivity index is 1.59. The third-order valence-electron chi connectivity index (χ3n) is 4.15. The summed E-state index contributed by atoms with van der Waals surface area (Å²) >= 11 is 6.00. The molecule has 0 spiro atoms. The van der Waals surface area contributed by atoms with E-state index in [9.17, 15) is 4.79 Å². The number of amides is 1. The number of hydrogen-bond donors (Lipinski definition) is 2. The SMILES string of the molecule is COc1ccc(Cl)cc1NC(=O)c1cc(NCCN2CCOCC2)ncn1. The van der Waals surface area contributed by atoms with Crippen molar-refractivity contribution < 1.29 is 14.3 Å². The molecule has 27 heavy (non-hydrogen) atoms. The van der Waals surface area contributed by atoms with Crippen LogP contribution >= 0.6 is 11.6 Å². The molecule has 1 aliphatic heterocycles. The molecular weight excluding hydrogens is 370 g/mol. The van der Waals surface area contributed by atoms with Crippen LogP contribution in [0.15, 0.2) is 30.6 Å². The first kappa shape index (κ1) is 19.3. The minimum atomic E-state index is -0.366. The average Bonchev–Trinajstić information content (AvgIpc) is 2.69. The molecule has 1 aliphatic rings. The molecule has 9 heteroatoms. The zero-order chi connectivity index (χ0) is 19.1. The van der Waals surface area contributed by atoms with Crippen LogP contribution in [0.5, 0.6) is 5.75 Å². The molecule has 1 aromatic carbocycles. The third kappa shape index (κ3) is 5.53. The van der Waals surface area contributed by atoms with Crippen LogP contribution in [0.4, 0.5) is 11.5 Å². The van der Waals surface area contributed by atoms with Gasteiger partial charge >= 0.3 is 0 Å². The Morgan fingerprint density at radius 2 is 2.11 bits per heavy atom. The standard InChI is InChI=1S/C18H22ClN5O3/c1-26-16-3-2-13(19)10-14(16)23-18(25)15-11-17(22-12-21-15)20-4-5-24-6-8-27-9-7-24/h2-3,10-12H,4-9H2,1H3,(H,23,25)(H,20,21,22). The lowest BCUT2D eigenvalue weighted by molar-refractivity contribution is 0.0398. The van der Waals surface area contributed by atoms with Crippen LogP contribution in [-0.4, -0.2) is 67.3 Å². The van der Waals surface area contributed by atoms with E-state index in [0.717, 1.165) is 39.4 Å². The number of carbonyl (C=O) groups excluding carboxylic acids is 1. The van der Waals surface area contributed by atoms with Crippen molar-refractivity contribution >= 4 is 29.0 Å². The molecule has 1 aromatic heterocycles. The van der Waals surface area contributed by atoms with E-state index in [2.05, 4.69) is 25.5 Å². The Bertz CT molecular complexity index is 783. The van der Waals surface area contributed by atoms with E-state index in [4.69, 9.17) is 21.1 Å². The van der Waals surface area contributed by atoms with Crippen LogP contribution in [0.25, 0.3) is 0 Å². The summed E-state index contributed by atoms with van der Waals surface area (Å²) in [7, 11) is 1.53. The van der Waals surface area contributed by atoms with Crippen molar-refractivity contribution in [1.29, 1.82) is 0 Å². The first-order valence-electron chi connectivity index (χ1n) is 8.66. The summed E-state index contributed by atoms with van der Waals surface area (Å²) < 4.78 is 10.6. The van der Waals surface area contributed by atoms with Crippen molar-refractivity contribution in [3.8, 4) is 5.75 Å². The van der Waals surface area contributed by atoms with Gasteiger partial charge in [0.15, 0.2) is 0 Å². The van der Waals surface area contributed by atoms with Gasteiger partial charge in [-0.1, -0.05) is 11.6 Å². The van der Waals surface area contributed by atoms with Crippen molar-refractivity contribution in [3.05, 3.63) is 41.3 Å². The second kappa shape index (κ2) is 9.50. The van der Waals surface area contributed by atoms with Crippen LogP contribution in [0.1, 0.15) is 10.5 Å². The topological polar surface area (TPSA) is 88.6 Å². The van der Waals surface area contributed by atoms with Gasteiger partial charge in [-0.2, -0.15) is 0 Å². The summed E-state index contributed by atoms with van der Waals surface area (Å²) in [6.45, 7) is 5.01. The highest BCUT2D eigenvalue weighted by atomic mass is 35.5. The minimum Gasteiger partial charge on any atom is -0.495 e. The Labute approximate surface area is 162 Å². The van der Waals surface area contributed by atoms with Gasteiger partial charge in [0, 0.05) is 37.3 Å². The third-order valence-corrected chi connectivity index (χ3v) is 4.38. The first-order valence-corrected chi connectivity index (χ1v) is 9.04. The maximum Gasteiger partial charge on any atom is 0.274 e. The molecule has 0 radical (unpaired) electrons. The molecule has 1 amide bonds. The van der Waals surface area contributed by atoms with Gasteiger partial charge in [0.25, 0.3) is 5.91 Å². The number of nitrogens with one attached hydrogen (secondary N) is 2. The van der Waals surface area contributed by atoms with Crippen molar-refractivity contribution in [2.45, 2.75) is 0 Å². The number of halogens is 1. The van der Waals surface area contributed by atoms with E-state index in [1.165, 1.54) is 13.4 Å². The Morgan fingerprint density at radius 3 is 2.89 bits per heavy atom. The summed E-state index contributed by atoms with van der Waals surface area (Å²) in [6, 6.07) is 6.63. The lowest BCUT2D eigenvalue weighted by atomic mass is 10.2. The van der Waals surface area contributed by atoms with Gasteiger partial charge in [0.2, 0.25) is 0 Å². The van der Waals surface area contributed by atoms with E-state index in [1.54, 1.807) is 24.3 Å². The van der Waals surface area contributed by atoms with Crippen molar-refractivity contribution in [3.63, 3.8) is 0 Å². The number of anilines is 2. The summed E-state index contributed by atoms with van der Waals surface area (Å²) in [6.07, 6.45) is 1.36. The number of hydrogen-bond acceptors (Lipinski definition) is 7. The van der Waals surface area contributed by atoms with Crippen LogP contribution < -0.4 is 15.4 Å². The summed E-state index contributed by atoms with van der Waals surface area (Å²) in [5.74, 6) is 0.751. The molecule has 0 bridgehead atoms. The molecule has 144 valence electrons. The second-order valence-corrected chi connectivity index (χ2v) is 6.40. The summed E-state index contributed by atoms with van der Waals surface area (Å²) in [4.78, 5) is 23.0. The van der Waals surface area contributed by atoms with Gasteiger partial charge in [0.05, 0.1) is 26.0 Å². The molecule has 1 saturated heterocycles. The highest BCUT2D eigenvalue weighted by Gasteiger charge is 2.13. The van der Waals surface area contributed by atoms with Crippen molar-refractivity contribution in [2.24, 2.45) is 0 Å². The predicted octanol–water partition coefficient (Wildman–Crippen LogP) is 2.13. The molecule has 8 nitrogen and oxygen atoms in total. The summed E-state index contributed by atoms with van der Waals surface area (Å²) in [5, 5.41) is 6.49. The zero-order valence-corrected chi connectivity index (χ0v) is 15.8. The highest BCUT2D eigenvalue weighted by molar-refractivity contribution is 6.31. The van der Waals surface area contributed by atoms with Gasteiger partial charge in [0.1, 0.15) is 23.6 Å². The maximum atomic E-state index is 12.5. The molecule has 2 aromatic rings. The molecule has 0 unspecified atom stereocenters.